The molecule has 2 heterocycles. The molecule has 3 rings (SSSR count). The molecule has 0 radical (unpaired) electrons. The van der Waals surface area contributed by atoms with E-state index in [0.29, 0.717) is 42.6 Å². The van der Waals surface area contributed by atoms with Gasteiger partial charge in [-0.15, -0.1) is 5.10 Å². The number of aromatic nitrogens is 3. The van der Waals surface area contributed by atoms with Gasteiger partial charge in [-0.05, 0) is 48.6 Å². The Morgan fingerprint density at radius 2 is 1.96 bits per heavy atom. The Balaban J connectivity index is 1.99. The summed E-state index contributed by atoms with van der Waals surface area (Å²) in [5.74, 6) is 0.737. The molecule has 8 heteroatoms. The molecule has 2 aromatic rings. The van der Waals surface area contributed by atoms with E-state index in [1.807, 2.05) is 6.92 Å². The first-order chi connectivity index (χ1) is 10.9. The highest BCUT2D eigenvalue weighted by molar-refractivity contribution is 7.89. The zero-order valence-electron chi connectivity index (χ0n) is 13.6. The molecular formula is C15H22N4O3S. The molecular weight excluding hydrogens is 316 g/mol. The van der Waals surface area contributed by atoms with Gasteiger partial charge in [0.25, 0.3) is 0 Å². The molecule has 1 aliphatic rings. The summed E-state index contributed by atoms with van der Waals surface area (Å²) in [6.07, 6.45) is 1.06. The van der Waals surface area contributed by atoms with Crippen LogP contribution in [0.25, 0.3) is 11.0 Å². The average Bonchev–Trinajstić information content (AvgIpc) is 2.89. The van der Waals surface area contributed by atoms with Crippen molar-refractivity contribution < 1.29 is 13.3 Å². The van der Waals surface area contributed by atoms with Gasteiger partial charge in [0.1, 0.15) is 17.6 Å². The number of rotatable bonds is 4. The SMILES string of the molecule is CCOn1nnc2ccc(S(=O)(=O)N3CC(C)CC(C)C3)cc21. The largest absolute Gasteiger partial charge is 0.395 e. The Morgan fingerprint density at radius 3 is 2.61 bits per heavy atom. The van der Waals surface area contributed by atoms with Crippen molar-refractivity contribution in [1.29, 1.82) is 0 Å². The Morgan fingerprint density at radius 1 is 1.26 bits per heavy atom. The molecule has 1 aromatic carbocycles. The van der Waals surface area contributed by atoms with Gasteiger partial charge in [-0.25, -0.2) is 8.42 Å². The first kappa shape index (κ1) is 16.2. The van der Waals surface area contributed by atoms with Gasteiger partial charge in [-0.3, -0.25) is 0 Å². The average molecular weight is 338 g/mol. The number of piperidine rings is 1. The zero-order valence-corrected chi connectivity index (χ0v) is 14.5. The highest BCUT2D eigenvalue weighted by Gasteiger charge is 2.32. The van der Waals surface area contributed by atoms with E-state index in [9.17, 15) is 8.42 Å². The summed E-state index contributed by atoms with van der Waals surface area (Å²) in [5.41, 5.74) is 1.17. The minimum Gasteiger partial charge on any atom is -0.395 e. The molecule has 0 saturated carbocycles. The van der Waals surface area contributed by atoms with Gasteiger partial charge in [-0.2, -0.15) is 4.31 Å². The Labute approximate surface area is 136 Å². The van der Waals surface area contributed by atoms with E-state index in [1.54, 1.807) is 22.5 Å². The molecule has 126 valence electrons. The molecule has 1 aliphatic heterocycles. The number of hydrogen-bond acceptors (Lipinski definition) is 5. The predicted octanol–water partition coefficient (Wildman–Crippen LogP) is 1.55. The van der Waals surface area contributed by atoms with E-state index in [1.165, 1.54) is 4.85 Å². The summed E-state index contributed by atoms with van der Waals surface area (Å²) in [4.78, 5) is 6.87. The highest BCUT2D eigenvalue weighted by Crippen LogP contribution is 2.27. The lowest BCUT2D eigenvalue weighted by molar-refractivity contribution is 0.0979. The quantitative estimate of drug-likeness (QED) is 0.845. The van der Waals surface area contributed by atoms with Crippen LogP contribution in [0.1, 0.15) is 27.2 Å². The third-order valence-corrected chi connectivity index (χ3v) is 5.94. The minimum absolute atomic E-state index is 0.259. The second kappa shape index (κ2) is 6.09. The van der Waals surface area contributed by atoms with Crippen LogP contribution in [0.3, 0.4) is 0 Å². The van der Waals surface area contributed by atoms with Gasteiger partial charge in [0.05, 0.1) is 4.90 Å². The zero-order chi connectivity index (χ0) is 16.6. The molecule has 1 fully saturated rings. The van der Waals surface area contributed by atoms with E-state index in [0.717, 1.165) is 6.42 Å². The number of hydrogen-bond donors (Lipinski definition) is 0. The van der Waals surface area contributed by atoms with Crippen LogP contribution in [0.15, 0.2) is 23.1 Å². The van der Waals surface area contributed by atoms with Crippen LogP contribution in [0.4, 0.5) is 0 Å². The van der Waals surface area contributed by atoms with Crippen LogP contribution >= 0.6 is 0 Å². The summed E-state index contributed by atoms with van der Waals surface area (Å²) in [7, 11) is -3.52. The molecule has 0 bridgehead atoms. The number of nitrogens with zero attached hydrogens (tertiary/aromatic N) is 4. The third-order valence-electron chi connectivity index (χ3n) is 4.11. The first-order valence-corrected chi connectivity index (χ1v) is 9.34. The summed E-state index contributed by atoms with van der Waals surface area (Å²) < 4.78 is 27.5. The number of sulfonamides is 1. The smallest absolute Gasteiger partial charge is 0.243 e. The van der Waals surface area contributed by atoms with Gasteiger partial charge in [-0.1, -0.05) is 18.7 Å². The summed E-state index contributed by atoms with van der Waals surface area (Å²) >= 11 is 0. The first-order valence-electron chi connectivity index (χ1n) is 7.90. The normalized spacial score (nSPS) is 23.3. The van der Waals surface area contributed by atoms with Gasteiger partial charge in [0.2, 0.25) is 10.0 Å². The van der Waals surface area contributed by atoms with Crippen LogP contribution in [-0.4, -0.2) is 47.6 Å². The van der Waals surface area contributed by atoms with Crippen molar-refractivity contribution in [2.45, 2.75) is 32.1 Å². The second-order valence-corrected chi connectivity index (χ2v) is 8.24. The molecule has 23 heavy (non-hydrogen) atoms. The fourth-order valence-corrected chi connectivity index (χ4v) is 4.91. The van der Waals surface area contributed by atoms with E-state index in [4.69, 9.17) is 4.84 Å². The van der Waals surface area contributed by atoms with Crippen LogP contribution in [0.2, 0.25) is 0 Å². The van der Waals surface area contributed by atoms with Crippen LogP contribution < -0.4 is 4.84 Å². The topological polar surface area (TPSA) is 77.3 Å². The van der Waals surface area contributed by atoms with Crippen molar-refractivity contribution >= 4 is 21.1 Å². The van der Waals surface area contributed by atoms with E-state index in [-0.39, 0.29) is 4.90 Å². The third kappa shape index (κ3) is 3.05. The summed E-state index contributed by atoms with van der Waals surface area (Å²) in [6.45, 7) is 7.58. The summed E-state index contributed by atoms with van der Waals surface area (Å²) in [6, 6.07) is 4.85. The minimum atomic E-state index is -3.52. The Kier molecular flexibility index (Phi) is 4.29. The predicted molar refractivity (Wildman–Crippen MR) is 86.4 cm³/mol. The maximum Gasteiger partial charge on any atom is 0.243 e. The lowest BCUT2D eigenvalue weighted by Gasteiger charge is -2.34. The molecule has 0 amide bonds. The van der Waals surface area contributed by atoms with Gasteiger partial charge >= 0.3 is 0 Å². The molecule has 2 unspecified atom stereocenters. The molecule has 0 aliphatic carbocycles. The van der Waals surface area contributed by atoms with Crippen LogP contribution in [-0.2, 0) is 10.0 Å². The molecule has 0 spiro atoms. The molecule has 2 atom stereocenters. The molecule has 0 N–H and O–H groups in total. The van der Waals surface area contributed by atoms with Crippen molar-refractivity contribution in [3.63, 3.8) is 0 Å². The van der Waals surface area contributed by atoms with Crippen LogP contribution in [0.5, 0.6) is 0 Å². The molecule has 1 aromatic heterocycles. The van der Waals surface area contributed by atoms with E-state index in [2.05, 4.69) is 24.2 Å². The standard InChI is InChI=1S/C15H22N4O3S/c1-4-22-19-15-8-13(5-6-14(15)16-17-19)23(20,21)18-9-11(2)7-12(3)10-18/h5-6,8,11-12H,4,7,9-10H2,1-3H3. The molecule has 7 nitrogen and oxygen atoms in total. The highest BCUT2D eigenvalue weighted by atomic mass is 32.2. The fourth-order valence-electron chi connectivity index (χ4n) is 3.21. The lowest BCUT2D eigenvalue weighted by atomic mass is 9.94. The Hall–Kier alpha value is -1.67. The van der Waals surface area contributed by atoms with Crippen molar-refractivity contribution in [2.24, 2.45) is 11.8 Å². The lowest BCUT2D eigenvalue weighted by Crippen LogP contribution is -2.42. The van der Waals surface area contributed by atoms with Gasteiger partial charge in [0.15, 0.2) is 0 Å². The second-order valence-electron chi connectivity index (χ2n) is 6.30. The van der Waals surface area contributed by atoms with Gasteiger partial charge in [0, 0.05) is 13.1 Å². The summed E-state index contributed by atoms with van der Waals surface area (Å²) in [5, 5.41) is 7.86. The van der Waals surface area contributed by atoms with E-state index >= 15 is 0 Å². The number of benzene rings is 1. The van der Waals surface area contributed by atoms with Crippen molar-refractivity contribution in [1.82, 2.24) is 19.5 Å². The van der Waals surface area contributed by atoms with Crippen molar-refractivity contribution in [2.75, 3.05) is 19.7 Å². The number of fused-ring (bicyclic) bond motifs is 1. The fraction of sp³-hybridized carbons (Fsp3) is 0.600. The van der Waals surface area contributed by atoms with Crippen molar-refractivity contribution in [3.05, 3.63) is 18.2 Å². The van der Waals surface area contributed by atoms with Gasteiger partial charge < -0.3 is 4.84 Å². The monoisotopic (exact) mass is 338 g/mol. The maximum absolute atomic E-state index is 12.9. The van der Waals surface area contributed by atoms with Crippen LogP contribution in [0, 0.1) is 11.8 Å². The maximum atomic E-state index is 12.9. The van der Waals surface area contributed by atoms with Crippen molar-refractivity contribution in [3.8, 4) is 0 Å². The van der Waals surface area contributed by atoms with E-state index < -0.39 is 10.0 Å². The Bertz CT molecular complexity index is 792. The molecule has 1 saturated heterocycles.